The van der Waals surface area contributed by atoms with Crippen molar-refractivity contribution >= 4 is 27.5 Å². The fourth-order valence-corrected chi connectivity index (χ4v) is 1.40. The Bertz CT molecular complexity index is 408. The van der Waals surface area contributed by atoms with Crippen molar-refractivity contribution in [3.63, 3.8) is 0 Å². The number of ether oxygens (including phenoxy) is 1. The summed E-state index contributed by atoms with van der Waals surface area (Å²) in [6.45, 7) is -0.399. The molecule has 6 nitrogen and oxygen atoms in total. The molecule has 0 aliphatic rings. The fraction of sp³-hybridized carbons (Fsp3) is 0.125. The minimum atomic E-state index is -0.694. The van der Waals surface area contributed by atoms with E-state index in [9.17, 15) is 14.9 Å². The van der Waals surface area contributed by atoms with Crippen LogP contribution < -0.4 is 10.5 Å². The van der Waals surface area contributed by atoms with E-state index in [4.69, 9.17) is 10.5 Å². The molecule has 0 fully saturated rings. The molecule has 15 heavy (non-hydrogen) atoms. The van der Waals surface area contributed by atoms with Gasteiger partial charge in [0.2, 0.25) is 5.75 Å². The first-order chi connectivity index (χ1) is 7.02. The molecule has 2 N–H and O–H groups in total. The smallest absolute Gasteiger partial charge is 0.312 e. The molecule has 1 aromatic rings. The number of nitrogens with zero attached hydrogens (tertiary/aromatic N) is 1. The van der Waals surface area contributed by atoms with Crippen molar-refractivity contribution in [2.75, 3.05) is 6.61 Å². The van der Waals surface area contributed by atoms with Gasteiger partial charge in [-0.05, 0) is 22.0 Å². The van der Waals surface area contributed by atoms with Crippen LogP contribution in [-0.4, -0.2) is 17.4 Å². The lowest BCUT2D eigenvalue weighted by molar-refractivity contribution is -0.385. The molecule has 0 bridgehead atoms. The van der Waals surface area contributed by atoms with Gasteiger partial charge in [-0.1, -0.05) is 6.07 Å². The van der Waals surface area contributed by atoms with Crippen molar-refractivity contribution in [3.8, 4) is 5.75 Å². The monoisotopic (exact) mass is 274 g/mol. The molecule has 0 aromatic heterocycles. The van der Waals surface area contributed by atoms with Crippen LogP contribution in [0, 0.1) is 10.1 Å². The number of nitro groups is 1. The van der Waals surface area contributed by atoms with Crippen LogP contribution in [0.3, 0.4) is 0 Å². The number of hydrogen-bond acceptors (Lipinski definition) is 4. The predicted molar refractivity (Wildman–Crippen MR) is 55.5 cm³/mol. The van der Waals surface area contributed by atoms with E-state index in [1.54, 1.807) is 6.07 Å². The van der Waals surface area contributed by atoms with E-state index >= 15 is 0 Å². The van der Waals surface area contributed by atoms with E-state index in [0.29, 0.717) is 4.47 Å². The molecule has 0 aliphatic carbocycles. The van der Waals surface area contributed by atoms with Crippen molar-refractivity contribution in [2.45, 2.75) is 0 Å². The molecule has 0 saturated carbocycles. The van der Waals surface area contributed by atoms with Gasteiger partial charge in [-0.2, -0.15) is 0 Å². The summed E-state index contributed by atoms with van der Waals surface area (Å²) in [5.74, 6) is -0.693. The third kappa shape index (κ3) is 2.91. The molecular weight excluding hydrogens is 268 g/mol. The molecule has 0 saturated heterocycles. The standard InChI is InChI=1S/C8H7BrN2O4/c9-5-2-1-3-6(11(13)14)8(5)15-4-7(10)12/h1-3H,4H2,(H2,10,12). The molecule has 1 rings (SSSR count). The lowest BCUT2D eigenvalue weighted by Crippen LogP contribution is -2.20. The van der Waals surface area contributed by atoms with Crippen LogP contribution in [0.2, 0.25) is 0 Å². The number of amides is 1. The molecule has 80 valence electrons. The highest BCUT2D eigenvalue weighted by Crippen LogP contribution is 2.34. The fourth-order valence-electron chi connectivity index (χ4n) is 0.927. The van der Waals surface area contributed by atoms with E-state index < -0.39 is 17.4 Å². The number of nitro benzene ring substituents is 1. The number of benzene rings is 1. The Hall–Kier alpha value is -1.63. The van der Waals surface area contributed by atoms with Crippen LogP contribution in [0.25, 0.3) is 0 Å². The lowest BCUT2D eigenvalue weighted by Gasteiger charge is -2.05. The molecule has 0 atom stereocenters. The van der Waals surface area contributed by atoms with Crippen LogP contribution in [0.15, 0.2) is 22.7 Å². The first-order valence-electron chi connectivity index (χ1n) is 3.86. The molecule has 0 aliphatic heterocycles. The Labute approximate surface area is 93.3 Å². The summed E-state index contributed by atoms with van der Waals surface area (Å²) in [7, 11) is 0. The van der Waals surface area contributed by atoms with Gasteiger partial charge in [0.05, 0.1) is 9.40 Å². The summed E-state index contributed by atoms with van der Waals surface area (Å²) >= 11 is 3.08. The van der Waals surface area contributed by atoms with Gasteiger partial charge in [-0.15, -0.1) is 0 Å². The zero-order chi connectivity index (χ0) is 11.4. The quantitative estimate of drug-likeness (QED) is 0.660. The van der Waals surface area contributed by atoms with Crippen LogP contribution in [0.5, 0.6) is 5.75 Å². The van der Waals surface area contributed by atoms with Crippen molar-refractivity contribution in [1.82, 2.24) is 0 Å². The largest absolute Gasteiger partial charge is 0.476 e. The third-order valence-corrected chi connectivity index (χ3v) is 2.13. The Morgan fingerprint density at radius 2 is 2.27 bits per heavy atom. The lowest BCUT2D eigenvalue weighted by atomic mass is 10.3. The van der Waals surface area contributed by atoms with E-state index in [0.717, 1.165) is 0 Å². The van der Waals surface area contributed by atoms with Crippen molar-refractivity contribution in [3.05, 3.63) is 32.8 Å². The Kier molecular flexibility index (Phi) is 3.62. The van der Waals surface area contributed by atoms with Gasteiger partial charge >= 0.3 is 5.69 Å². The minimum Gasteiger partial charge on any atom is -0.476 e. The van der Waals surface area contributed by atoms with Crippen molar-refractivity contribution in [2.24, 2.45) is 5.73 Å². The average Bonchev–Trinajstić information content (AvgIpc) is 2.15. The molecule has 1 amide bonds. The van der Waals surface area contributed by atoms with E-state index in [1.807, 2.05) is 0 Å². The highest BCUT2D eigenvalue weighted by Gasteiger charge is 2.18. The molecular formula is C8H7BrN2O4. The first kappa shape index (κ1) is 11.4. The average molecular weight is 275 g/mol. The van der Waals surface area contributed by atoms with E-state index in [-0.39, 0.29) is 11.4 Å². The number of nitrogens with two attached hydrogens (primary N) is 1. The van der Waals surface area contributed by atoms with Gasteiger partial charge in [0.25, 0.3) is 5.91 Å². The normalized spacial score (nSPS) is 9.67. The summed E-state index contributed by atoms with van der Waals surface area (Å²) in [5, 5.41) is 10.6. The molecule has 0 heterocycles. The van der Waals surface area contributed by atoms with Crippen LogP contribution in [0.4, 0.5) is 5.69 Å². The molecule has 7 heteroatoms. The highest BCUT2D eigenvalue weighted by molar-refractivity contribution is 9.10. The van der Waals surface area contributed by atoms with Gasteiger partial charge in [-0.3, -0.25) is 14.9 Å². The highest BCUT2D eigenvalue weighted by atomic mass is 79.9. The second-order valence-corrected chi connectivity index (χ2v) is 3.45. The number of carbonyl (C=O) groups excluding carboxylic acids is 1. The van der Waals surface area contributed by atoms with E-state index in [1.165, 1.54) is 12.1 Å². The van der Waals surface area contributed by atoms with Gasteiger partial charge in [0.1, 0.15) is 0 Å². The van der Waals surface area contributed by atoms with E-state index in [2.05, 4.69) is 15.9 Å². The van der Waals surface area contributed by atoms with Crippen LogP contribution in [-0.2, 0) is 4.79 Å². The van der Waals surface area contributed by atoms with Crippen molar-refractivity contribution in [1.29, 1.82) is 0 Å². The summed E-state index contributed by atoms with van der Waals surface area (Å²) in [5.41, 5.74) is 4.65. The van der Waals surface area contributed by atoms with Crippen molar-refractivity contribution < 1.29 is 14.5 Å². The maximum absolute atomic E-state index is 10.6. The molecule has 1 aromatic carbocycles. The number of para-hydroxylation sites is 1. The SMILES string of the molecule is NC(=O)COc1c(Br)cccc1[N+](=O)[O-]. The zero-order valence-electron chi connectivity index (χ0n) is 7.47. The molecule has 0 spiro atoms. The van der Waals surface area contributed by atoms with Crippen LogP contribution in [0.1, 0.15) is 0 Å². The number of carbonyl (C=O) groups is 1. The Morgan fingerprint density at radius 3 is 2.80 bits per heavy atom. The van der Waals surface area contributed by atoms with Gasteiger partial charge in [0, 0.05) is 6.07 Å². The van der Waals surface area contributed by atoms with Gasteiger partial charge in [0.15, 0.2) is 6.61 Å². The third-order valence-electron chi connectivity index (χ3n) is 1.50. The summed E-state index contributed by atoms with van der Waals surface area (Å²) in [6.07, 6.45) is 0. The molecule has 0 unspecified atom stereocenters. The van der Waals surface area contributed by atoms with Gasteiger partial charge in [-0.25, -0.2) is 0 Å². The first-order valence-corrected chi connectivity index (χ1v) is 4.65. The zero-order valence-corrected chi connectivity index (χ0v) is 9.06. The number of halogens is 1. The number of hydrogen-bond donors (Lipinski definition) is 1. The summed E-state index contributed by atoms with van der Waals surface area (Å²) in [4.78, 5) is 20.5. The predicted octanol–water partition coefficient (Wildman–Crippen LogP) is 1.22. The maximum atomic E-state index is 10.6. The number of primary amides is 1. The maximum Gasteiger partial charge on any atom is 0.312 e. The second-order valence-electron chi connectivity index (χ2n) is 2.60. The number of rotatable bonds is 4. The molecule has 0 radical (unpaired) electrons. The Balaban J connectivity index is 3.02. The van der Waals surface area contributed by atoms with Crippen LogP contribution >= 0.6 is 15.9 Å². The summed E-state index contributed by atoms with van der Waals surface area (Å²) in [6, 6.07) is 4.35. The van der Waals surface area contributed by atoms with Gasteiger partial charge < -0.3 is 10.5 Å². The Morgan fingerprint density at radius 1 is 1.60 bits per heavy atom. The topological polar surface area (TPSA) is 95.5 Å². The summed E-state index contributed by atoms with van der Waals surface area (Å²) < 4.78 is 5.33. The second kappa shape index (κ2) is 4.74. The minimum absolute atomic E-state index is 0.00120.